The number of carbonyl (C=O) groups excluding carboxylic acids is 1. The highest BCUT2D eigenvalue weighted by Gasteiger charge is 2.26. The number of para-hydroxylation sites is 1. The third-order valence-corrected chi connectivity index (χ3v) is 3.64. The zero-order chi connectivity index (χ0) is 14.5. The number of morpholine rings is 1. The van der Waals surface area contributed by atoms with Crippen molar-refractivity contribution in [3.8, 4) is 0 Å². The lowest BCUT2D eigenvalue weighted by molar-refractivity contribution is -0.141. The summed E-state index contributed by atoms with van der Waals surface area (Å²) in [6.45, 7) is 1.08. The Morgan fingerprint density at radius 3 is 2.90 bits per heavy atom. The first-order valence-electron chi connectivity index (χ1n) is 6.20. The van der Waals surface area contributed by atoms with Gasteiger partial charge in [0.15, 0.2) is 0 Å². The topological polar surface area (TPSA) is 78.9 Å². The van der Waals surface area contributed by atoms with Gasteiger partial charge in [-0.1, -0.05) is 12.1 Å². The number of hydrogen-bond acceptors (Lipinski definition) is 3. The average Bonchev–Trinajstić information content (AvgIpc) is 2.41. The summed E-state index contributed by atoms with van der Waals surface area (Å²) >= 11 is 3.36. The molecule has 1 aliphatic heterocycles. The molecule has 0 spiro atoms. The number of halogens is 1. The van der Waals surface area contributed by atoms with Gasteiger partial charge in [0, 0.05) is 17.6 Å². The summed E-state index contributed by atoms with van der Waals surface area (Å²) < 4.78 is 6.13. The van der Waals surface area contributed by atoms with Crippen LogP contribution < -0.4 is 5.32 Å². The fourth-order valence-electron chi connectivity index (χ4n) is 1.98. The normalized spacial score (nSPS) is 18.6. The Labute approximate surface area is 124 Å². The molecule has 0 saturated carbocycles. The van der Waals surface area contributed by atoms with E-state index >= 15 is 0 Å². The highest BCUT2D eigenvalue weighted by atomic mass is 79.9. The molecule has 2 amide bonds. The standard InChI is InChI=1S/C13H15BrN2O4/c14-10-3-1-2-4-11(10)15-13(19)16-5-6-20-9(8-16)7-12(17)18/h1-4,9H,5-8H2,(H,15,19)(H,17,18). The largest absolute Gasteiger partial charge is 0.481 e. The SMILES string of the molecule is O=C(O)CC1CN(C(=O)Nc2ccccc2Br)CCO1. The molecule has 1 fully saturated rings. The smallest absolute Gasteiger partial charge is 0.322 e. The first-order valence-corrected chi connectivity index (χ1v) is 6.99. The quantitative estimate of drug-likeness (QED) is 0.882. The molecular formula is C13H15BrN2O4. The van der Waals surface area contributed by atoms with E-state index in [9.17, 15) is 9.59 Å². The van der Waals surface area contributed by atoms with E-state index in [4.69, 9.17) is 9.84 Å². The third-order valence-electron chi connectivity index (χ3n) is 2.94. The number of anilines is 1. The number of amides is 2. The fraction of sp³-hybridized carbons (Fsp3) is 0.385. The summed E-state index contributed by atoms with van der Waals surface area (Å²) in [4.78, 5) is 24.4. The Bertz CT molecular complexity index is 509. The minimum absolute atomic E-state index is 0.0984. The molecule has 7 heteroatoms. The molecule has 0 radical (unpaired) electrons. The lowest BCUT2D eigenvalue weighted by Crippen LogP contribution is -2.47. The van der Waals surface area contributed by atoms with Crippen molar-refractivity contribution in [1.29, 1.82) is 0 Å². The van der Waals surface area contributed by atoms with Crippen molar-refractivity contribution in [3.05, 3.63) is 28.7 Å². The number of urea groups is 1. The maximum absolute atomic E-state index is 12.1. The second-order valence-electron chi connectivity index (χ2n) is 4.45. The lowest BCUT2D eigenvalue weighted by Gasteiger charge is -2.32. The molecule has 0 aromatic heterocycles. The number of hydrogen-bond donors (Lipinski definition) is 2. The third kappa shape index (κ3) is 3.94. The van der Waals surface area contributed by atoms with Crippen molar-refractivity contribution in [2.75, 3.05) is 25.0 Å². The molecule has 2 rings (SSSR count). The Morgan fingerprint density at radius 1 is 1.45 bits per heavy atom. The van der Waals surface area contributed by atoms with E-state index in [1.807, 2.05) is 18.2 Å². The van der Waals surface area contributed by atoms with Gasteiger partial charge in [0.2, 0.25) is 0 Å². The number of ether oxygens (including phenoxy) is 1. The number of carbonyl (C=O) groups is 2. The van der Waals surface area contributed by atoms with Crippen LogP contribution in [0.4, 0.5) is 10.5 Å². The second-order valence-corrected chi connectivity index (χ2v) is 5.30. The van der Waals surface area contributed by atoms with Crippen molar-refractivity contribution in [2.24, 2.45) is 0 Å². The van der Waals surface area contributed by atoms with Gasteiger partial charge in [0.1, 0.15) is 0 Å². The van der Waals surface area contributed by atoms with Crippen molar-refractivity contribution in [2.45, 2.75) is 12.5 Å². The predicted molar refractivity (Wildman–Crippen MR) is 76.7 cm³/mol. The van der Waals surface area contributed by atoms with Gasteiger partial charge in [-0.05, 0) is 28.1 Å². The van der Waals surface area contributed by atoms with E-state index in [1.54, 1.807) is 11.0 Å². The number of aliphatic carboxylic acids is 1. The molecule has 1 aromatic carbocycles. The van der Waals surface area contributed by atoms with Crippen molar-refractivity contribution >= 4 is 33.6 Å². The zero-order valence-electron chi connectivity index (χ0n) is 10.7. The van der Waals surface area contributed by atoms with Gasteiger partial charge >= 0.3 is 12.0 Å². The van der Waals surface area contributed by atoms with E-state index in [0.29, 0.717) is 18.8 Å². The molecule has 1 atom stereocenters. The molecule has 1 aliphatic rings. The maximum atomic E-state index is 12.1. The average molecular weight is 343 g/mol. The number of nitrogens with zero attached hydrogens (tertiary/aromatic N) is 1. The van der Waals surface area contributed by atoms with Crippen LogP contribution in [0.25, 0.3) is 0 Å². The summed E-state index contributed by atoms with van der Waals surface area (Å²) in [5.74, 6) is -0.928. The van der Waals surface area contributed by atoms with Crippen LogP contribution in [0.5, 0.6) is 0 Å². The van der Waals surface area contributed by atoms with Gasteiger partial charge in [0.05, 0.1) is 24.8 Å². The van der Waals surface area contributed by atoms with Crippen LogP contribution in [0.15, 0.2) is 28.7 Å². The summed E-state index contributed by atoms with van der Waals surface area (Å²) in [5.41, 5.74) is 0.679. The van der Waals surface area contributed by atoms with Crippen molar-refractivity contribution < 1.29 is 19.4 Å². The number of carboxylic acids is 1. The van der Waals surface area contributed by atoms with Crippen LogP contribution in [0, 0.1) is 0 Å². The highest BCUT2D eigenvalue weighted by molar-refractivity contribution is 9.10. The molecular weight excluding hydrogens is 328 g/mol. The number of benzene rings is 1. The Kier molecular flexibility index (Phi) is 4.97. The van der Waals surface area contributed by atoms with Crippen LogP contribution in [0.3, 0.4) is 0 Å². The number of nitrogens with one attached hydrogen (secondary N) is 1. The van der Waals surface area contributed by atoms with Crippen molar-refractivity contribution in [3.63, 3.8) is 0 Å². The molecule has 1 aromatic rings. The summed E-state index contributed by atoms with van der Waals surface area (Å²) in [6.07, 6.45) is -0.551. The molecule has 20 heavy (non-hydrogen) atoms. The van der Waals surface area contributed by atoms with Gasteiger partial charge in [-0.25, -0.2) is 4.79 Å². The number of carboxylic acid groups (broad SMARTS) is 1. The predicted octanol–water partition coefficient (Wildman–Crippen LogP) is 2.16. The molecule has 0 aliphatic carbocycles. The Hall–Kier alpha value is -1.60. The van der Waals surface area contributed by atoms with Crippen LogP contribution in [-0.4, -0.2) is 47.8 Å². The molecule has 1 unspecified atom stereocenters. The monoisotopic (exact) mass is 342 g/mol. The van der Waals surface area contributed by atoms with Gasteiger partial charge in [0.25, 0.3) is 0 Å². The van der Waals surface area contributed by atoms with Gasteiger partial charge in [-0.15, -0.1) is 0 Å². The Balaban J connectivity index is 1.95. The van der Waals surface area contributed by atoms with Crippen LogP contribution in [0.2, 0.25) is 0 Å². The molecule has 1 heterocycles. The first kappa shape index (κ1) is 14.8. The molecule has 1 saturated heterocycles. The Morgan fingerprint density at radius 2 is 2.20 bits per heavy atom. The van der Waals surface area contributed by atoms with E-state index in [2.05, 4.69) is 21.2 Å². The van der Waals surface area contributed by atoms with E-state index in [1.165, 1.54) is 0 Å². The lowest BCUT2D eigenvalue weighted by atomic mass is 10.2. The summed E-state index contributed by atoms with van der Waals surface area (Å²) in [5, 5.41) is 11.5. The second kappa shape index (κ2) is 6.71. The van der Waals surface area contributed by atoms with E-state index < -0.39 is 12.1 Å². The minimum atomic E-state index is -0.928. The molecule has 2 N–H and O–H groups in total. The van der Waals surface area contributed by atoms with E-state index in [-0.39, 0.29) is 19.0 Å². The van der Waals surface area contributed by atoms with E-state index in [0.717, 1.165) is 4.47 Å². The van der Waals surface area contributed by atoms with Gasteiger partial charge in [-0.3, -0.25) is 4.79 Å². The van der Waals surface area contributed by atoms with Crippen molar-refractivity contribution in [1.82, 2.24) is 4.90 Å². The molecule has 6 nitrogen and oxygen atoms in total. The van der Waals surface area contributed by atoms with Crippen LogP contribution in [-0.2, 0) is 9.53 Å². The minimum Gasteiger partial charge on any atom is -0.481 e. The fourth-order valence-corrected chi connectivity index (χ4v) is 2.36. The van der Waals surface area contributed by atoms with Gasteiger partial charge < -0.3 is 20.1 Å². The van der Waals surface area contributed by atoms with Gasteiger partial charge in [-0.2, -0.15) is 0 Å². The highest BCUT2D eigenvalue weighted by Crippen LogP contribution is 2.22. The summed E-state index contributed by atoms with van der Waals surface area (Å²) in [7, 11) is 0. The summed E-state index contributed by atoms with van der Waals surface area (Å²) in [6, 6.07) is 7.06. The number of rotatable bonds is 3. The first-order chi connectivity index (χ1) is 9.56. The molecule has 108 valence electrons. The van der Waals surface area contributed by atoms with Crippen LogP contribution in [0.1, 0.15) is 6.42 Å². The molecule has 0 bridgehead atoms. The van der Waals surface area contributed by atoms with Crippen LogP contribution >= 0.6 is 15.9 Å². The maximum Gasteiger partial charge on any atom is 0.322 e. The zero-order valence-corrected chi connectivity index (χ0v) is 12.3.